The summed E-state index contributed by atoms with van der Waals surface area (Å²) < 4.78 is 53.4. The summed E-state index contributed by atoms with van der Waals surface area (Å²) in [5.41, 5.74) is 5.45. The van der Waals surface area contributed by atoms with E-state index in [4.69, 9.17) is 15.2 Å². The van der Waals surface area contributed by atoms with Gasteiger partial charge >= 0.3 is 6.09 Å². The van der Waals surface area contributed by atoms with Gasteiger partial charge < -0.3 is 20.5 Å². The molecule has 3 aromatic rings. The average Bonchev–Trinajstić information content (AvgIpc) is 2.91. The van der Waals surface area contributed by atoms with Crippen molar-refractivity contribution in [3.8, 4) is 11.1 Å². The molecule has 2 atom stereocenters. The van der Waals surface area contributed by atoms with E-state index in [1.807, 2.05) is 0 Å². The van der Waals surface area contributed by atoms with Crippen molar-refractivity contribution in [3.05, 3.63) is 89.0 Å². The van der Waals surface area contributed by atoms with Gasteiger partial charge in [0.05, 0.1) is 30.5 Å². The van der Waals surface area contributed by atoms with Gasteiger partial charge in [0.2, 0.25) is 5.91 Å². The Morgan fingerprint density at radius 3 is 2.50 bits per heavy atom. The second-order valence-corrected chi connectivity index (χ2v) is 10.8. The zero-order valence-corrected chi connectivity index (χ0v) is 23.3. The number of primary amides is 1. The van der Waals surface area contributed by atoms with Crippen molar-refractivity contribution < 1.29 is 37.0 Å². The molecule has 0 saturated carbocycles. The summed E-state index contributed by atoms with van der Waals surface area (Å²) in [5, 5.41) is 2.86. The van der Waals surface area contributed by atoms with Crippen molar-refractivity contribution in [2.45, 2.75) is 44.9 Å². The Morgan fingerprint density at radius 2 is 1.83 bits per heavy atom. The van der Waals surface area contributed by atoms with Gasteiger partial charge in [-0.3, -0.25) is 19.5 Å². The van der Waals surface area contributed by atoms with Gasteiger partial charge in [-0.25, -0.2) is 18.0 Å². The first kappa shape index (κ1) is 30.5. The molecule has 1 unspecified atom stereocenters. The first-order valence-corrected chi connectivity index (χ1v) is 13.2. The highest BCUT2D eigenvalue weighted by atomic mass is 19.1. The number of nitrogens with one attached hydrogen (secondary N) is 1. The van der Waals surface area contributed by atoms with Gasteiger partial charge in [-0.15, -0.1) is 0 Å². The fourth-order valence-electron chi connectivity index (χ4n) is 4.63. The quantitative estimate of drug-likeness (QED) is 0.427. The number of rotatable bonds is 7. The molecule has 0 spiro atoms. The van der Waals surface area contributed by atoms with Gasteiger partial charge in [0.25, 0.3) is 5.91 Å². The highest BCUT2D eigenvalue weighted by molar-refractivity contribution is 5.94. The van der Waals surface area contributed by atoms with Crippen LogP contribution < -0.4 is 11.1 Å². The minimum atomic E-state index is -1.07. The van der Waals surface area contributed by atoms with Gasteiger partial charge in [-0.05, 0) is 68.7 Å². The largest absolute Gasteiger partial charge is 0.444 e. The highest BCUT2D eigenvalue weighted by Gasteiger charge is 2.37. The molecule has 2 aromatic carbocycles. The first-order chi connectivity index (χ1) is 19.8. The Kier molecular flexibility index (Phi) is 9.15. The van der Waals surface area contributed by atoms with Gasteiger partial charge in [0, 0.05) is 24.4 Å². The molecular weight excluding hydrogens is 553 g/mol. The van der Waals surface area contributed by atoms with Crippen LogP contribution in [0.1, 0.15) is 48.4 Å². The Labute approximate surface area is 240 Å². The molecule has 1 aromatic heterocycles. The summed E-state index contributed by atoms with van der Waals surface area (Å²) >= 11 is 0. The summed E-state index contributed by atoms with van der Waals surface area (Å²) in [6, 6.07) is 7.94. The fraction of sp³-hybridized carbons (Fsp3) is 0.333. The molecule has 1 aliphatic heterocycles. The first-order valence-electron chi connectivity index (χ1n) is 13.2. The monoisotopic (exact) mass is 584 g/mol. The third kappa shape index (κ3) is 7.43. The van der Waals surface area contributed by atoms with E-state index in [0.29, 0.717) is 11.1 Å². The number of pyridine rings is 1. The van der Waals surface area contributed by atoms with E-state index in [9.17, 15) is 27.6 Å². The van der Waals surface area contributed by atoms with Crippen molar-refractivity contribution in [3.63, 3.8) is 0 Å². The van der Waals surface area contributed by atoms with Crippen LogP contribution in [0, 0.1) is 17.5 Å². The number of ether oxygens (including phenoxy) is 2. The Bertz CT molecular complexity index is 1470. The van der Waals surface area contributed by atoms with Crippen LogP contribution in [0.2, 0.25) is 0 Å². The van der Waals surface area contributed by atoms with Crippen molar-refractivity contribution in [2.24, 2.45) is 5.73 Å². The standard InChI is InChI=1S/C30H31F3N4O5/c1-30(2,3)42-29(40)37-9-10-41-16-25(37)28(39)36-24(13-17-11-19(31)15-20(32)12-17)26-21(5-4-8-35-26)18-6-7-23(33)22(14-18)27(34)38/h4-8,11-12,14-15,24-25H,9-10,13,16H2,1-3H3,(H2,34,38)(H,36,39)/t24?,25-/m1/s1. The SMILES string of the molecule is CC(C)(C)OC(=O)N1CCOC[C@@H]1C(=O)NC(Cc1cc(F)cc(F)c1)c1ncccc1-c1ccc(F)c(C(N)=O)c1. The summed E-state index contributed by atoms with van der Waals surface area (Å²) in [6.07, 6.45) is 0.659. The number of carbonyl (C=O) groups excluding carboxylic acids is 3. The van der Waals surface area contributed by atoms with E-state index in [0.717, 1.165) is 24.3 Å². The zero-order chi connectivity index (χ0) is 30.6. The zero-order valence-electron chi connectivity index (χ0n) is 23.3. The number of morpholine rings is 1. The van der Waals surface area contributed by atoms with Gasteiger partial charge in [0.15, 0.2) is 0 Å². The summed E-state index contributed by atoms with van der Waals surface area (Å²) in [5.74, 6) is -4.01. The van der Waals surface area contributed by atoms with Gasteiger partial charge in [-0.2, -0.15) is 0 Å². The molecule has 4 rings (SSSR count). The summed E-state index contributed by atoms with van der Waals surface area (Å²) in [7, 11) is 0. The average molecular weight is 585 g/mol. The molecule has 1 fully saturated rings. The topological polar surface area (TPSA) is 124 Å². The molecule has 12 heteroatoms. The number of hydrogen-bond donors (Lipinski definition) is 2. The second kappa shape index (κ2) is 12.6. The van der Waals surface area contributed by atoms with Crippen LogP contribution in [0.3, 0.4) is 0 Å². The van der Waals surface area contributed by atoms with Crippen LogP contribution in [-0.4, -0.2) is 59.2 Å². The number of hydrogen-bond acceptors (Lipinski definition) is 6. The predicted molar refractivity (Wildman–Crippen MR) is 147 cm³/mol. The van der Waals surface area contributed by atoms with E-state index in [1.54, 1.807) is 32.9 Å². The minimum Gasteiger partial charge on any atom is -0.444 e. The van der Waals surface area contributed by atoms with Crippen molar-refractivity contribution in [2.75, 3.05) is 19.8 Å². The maximum Gasteiger partial charge on any atom is 0.411 e. The third-order valence-corrected chi connectivity index (χ3v) is 6.45. The number of halogens is 3. The van der Waals surface area contributed by atoms with E-state index in [2.05, 4.69) is 10.3 Å². The van der Waals surface area contributed by atoms with Crippen molar-refractivity contribution in [1.29, 1.82) is 0 Å². The maximum absolute atomic E-state index is 14.2. The van der Waals surface area contributed by atoms with Crippen LogP contribution in [-0.2, 0) is 20.7 Å². The molecule has 3 amide bonds. The molecule has 0 bridgehead atoms. The number of nitrogens with zero attached hydrogens (tertiary/aromatic N) is 2. The van der Waals surface area contributed by atoms with Crippen LogP contribution in [0.15, 0.2) is 54.7 Å². The lowest BCUT2D eigenvalue weighted by Crippen LogP contribution is -2.57. The van der Waals surface area contributed by atoms with Gasteiger partial charge in [0.1, 0.15) is 29.1 Å². The number of amides is 3. The molecule has 3 N–H and O–H groups in total. The van der Waals surface area contributed by atoms with E-state index >= 15 is 0 Å². The van der Waals surface area contributed by atoms with Crippen molar-refractivity contribution in [1.82, 2.24) is 15.2 Å². The fourth-order valence-corrected chi connectivity index (χ4v) is 4.63. The molecule has 9 nitrogen and oxygen atoms in total. The summed E-state index contributed by atoms with van der Waals surface area (Å²) in [6.45, 7) is 5.31. The third-order valence-electron chi connectivity index (χ3n) is 6.45. The van der Waals surface area contributed by atoms with E-state index in [-0.39, 0.29) is 43.0 Å². The van der Waals surface area contributed by atoms with Gasteiger partial charge in [-0.1, -0.05) is 12.1 Å². The lowest BCUT2D eigenvalue weighted by atomic mass is 9.94. The predicted octanol–water partition coefficient (Wildman–Crippen LogP) is 4.30. The van der Waals surface area contributed by atoms with Crippen LogP contribution >= 0.6 is 0 Å². The van der Waals surface area contributed by atoms with Crippen molar-refractivity contribution >= 4 is 17.9 Å². The second-order valence-electron chi connectivity index (χ2n) is 10.8. The molecule has 1 saturated heterocycles. The summed E-state index contributed by atoms with van der Waals surface area (Å²) in [4.78, 5) is 44.1. The van der Waals surface area contributed by atoms with Crippen LogP contribution in [0.4, 0.5) is 18.0 Å². The number of aromatic nitrogens is 1. The number of carbonyl (C=O) groups is 3. The lowest BCUT2D eigenvalue weighted by Gasteiger charge is -2.36. The molecule has 222 valence electrons. The Hall–Kier alpha value is -4.45. The number of benzene rings is 2. The van der Waals surface area contributed by atoms with Crippen LogP contribution in [0.25, 0.3) is 11.1 Å². The molecule has 0 aliphatic carbocycles. The van der Waals surface area contributed by atoms with E-state index < -0.39 is 53.0 Å². The molecular formula is C30H31F3N4O5. The molecule has 2 heterocycles. The van der Waals surface area contributed by atoms with Crippen LogP contribution in [0.5, 0.6) is 0 Å². The molecule has 0 radical (unpaired) electrons. The Balaban J connectivity index is 1.74. The minimum absolute atomic E-state index is 0.103. The molecule has 1 aliphatic rings. The van der Waals surface area contributed by atoms with E-state index in [1.165, 1.54) is 23.2 Å². The maximum atomic E-state index is 14.2. The normalized spacial score (nSPS) is 16.0. The smallest absolute Gasteiger partial charge is 0.411 e. The highest BCUT2D eigenvalue weighted by Crippen LogP contribution is 2.31. The molecule has 42 heavy (non-hydrogen) atoms. The Morgan fingerprint density at radius 1 is 1.12 bits per heavy atom. The lowest BCUT2D eigenvalue weighted by molar-refractivity contribution is -0.133. The number of nitrogens with two attached hydrogens (primary N) is 1.